The minimum atomic E-state index is -1.18. The molecule has 7 heteroatoms. The lowest BCUT2D eigenvalue weighted by Crippen LogP contribution is -2.11. The number of carboxylic acids is 1. The van der Waals surface area contributed by atoms with Gasteiger partial charge in [0.1, 0.15) is 17.1 Å². The molecule has 0 aliphatic heterocycles. The second-order valence-corrected chi connectivity index (χ2v) is 5.95. The zero-order valence-electron chi connectivity index (χ0n) is 11.3. The quantitative estimate of drug-likeness (QED) is 0.584. The molecule has 2 aromatic rings. The van der Waals surface area contributed by atoms with Crippen molar-refractivity contribution in [3.8, 4) is 11.5 Å². The molecule has 22 heavy (non-hydrogen) atoms. The molecule has 2 rings (SSSR count). The molecule has 1 N–H and O–H groups in total. The first-order valence-electron chi connectivity index (χ1n) is 6.01. The van der Waals surface area contributed by atoms with E-state index in [1.165, 1.54) is 25.3 Å². The number of halogens is 2. The monoisotopic (exact) mass is 428 g/mol. The molecule has 0 aromatic heterocycles. The normalized spacial score (nSPS) is 10.1. The van der Waals surface area contributed by atoms with Crippen molar-refractivity contribution in [3.63, 3.8) is 0 Å². The number of esters is 1. The van der Waals surface area contributed by atoms with Crippen molar-refractivity contribution < 1.29 is 24.2 Å². The van der Waals surface area contributed by atoms with Crippen molar-refractivity contribution in [1.29, 1.82) is 0 Å². The highest BCUT2D eigenvalue weighted by atomic mass is 79.9. The van der Waals surface area contributed by atoms with Gasteiger partial charge in [0.15, 0.2) is 0 Å². The van der Waals surface area contributed by atoms with Crippen LogP contribution in [0.2, 0.25) is 0 Å². The van der Waals surface area contributed by atoms with Gasteiger partial charge in [0, 0.05) is 4.47 Å². The van der Waals surface area contributed by atoms with E-state index in [0.717, 1.165) is 0 Å². The van der Waals surface area contributed by atoms with E-state index in [1.807, 2.05) is 0 Å². The van der Waals surface area contributed by atoms with E-state index in [0.29, 0.717) is 14.7 Å². The Morgan fingerprint density at radius 3 is 2.32 bits per heavy atom. The third kappa shape index (κ3) is 3.66. The average molecular weight is 430 g/mol. The van der Waals surface area contributed by atoms with E-state index in [1.54, 1.807) is 18.2 Å². The molecule has 0 aliphatic rings. The Bertz CT molecular complexity index is 743. The summed E-state index contributed by atoms with van der Waals surface area (Å²) in [6, 6.07) is 9.07. The zero-order chi connectivity index (χ0) is 16.3. The lowest BCUT2D eigenvalue weighted by atomic mass is 10.2. The highest BCUT2D eigenvalue weighted by Gasteiger charge is 2.17. The fraction of sp³-hybridized carbons (Fsp3) is 0.0667. The largest absolute Gasteiger partial charge is 0.496 e. The molecule has 2 aromatic carbocycles. The first kappa shape index (κ1) is 16.5. The number of benzene rings is 2. The van der Waals surface area contributed by atoms with Crippen LogP contribution in [0.5, 0.6) is 11.5 Å². The Morgan fingerprint density at radius 1 is 1.05 bits per heavy atom. The number of rotatable bonds is 4. The number of methoxy groups -OCH3 is 1. The predicted octanol–water partition coefficient (Wildman–Crippen LogP) is 4.14. The average Bonchev–Trinajstić information content (AvgIpc) is 2.48. The van der Waals surface area contributed by atoms with E-state index >= 15 is 0 Å². The van der Waals surface area contributed by atoms with Crippen LogP contribution in [0.3, 0.4) is 0 Å². The molecule has 0 aliphatic carbocycles. The van der Waals surface area contributed by atoms with Crippen LogP contribution in [-0.2, 0) is 0 Å². The zero-order valence-corrected chi connectivity index (χ0v) is 14.5. The number of carbonyl (C=O) groups is 2. The highest BCUT2D eigenvalue weighted by Crippen LogP contribution is 2.27. The van der Waals surface area contributed by atoms with Crippen molar-refractivity contribution in [2.45, 2.75) is 0 Å². The van der Waals surface area contributed by atoms with E-state index in [4.69, 9.17) is 14.6 Å². The van der Waals surface area contributed by atoms with Crippen LogP contribution >= 0.6 is 31.9 Å². The predicted molar refractivity (Wildman–Crippen MR) is 86.8 cm³/mol. The van der Waals surface area contributed by atoms with Crippen LogP contribution in [0.4, 0.5) is 0 Å². The number of hydrogen-bond donors (Lipinski definition) is 1. The molecule has 114 valence electrons. The molecular formula is C15H10Br2O5. The Hall–Kier alpha value is -1.86. The molecule has 0 unspecified atom stereocenters. The minimum Gasteiger partial charge on any atom is -0.496 e. The van der Waals surface area contributed by atoms with Crippen LogP contribution in [0.25, 0.3) is 0 Å². The van der Waals surface area contributed by atoms with Gasteiger partial charge in [0.05, 0.1) is 17.1 Å². The number of carbonyl (C=O) groups excluding carboxylic acids is 1. The minimum absolute atomic E-state index is 0.0207. The van der Waals surface area contributed by atoms with E-state index in [9.17, 15) is 9.59 Å². The summed E-state index contributed by atoms with van der Waals surface area (Å²) in [4.78, 5) is 23.3. The molecule has 0 saturated heterocycles. The van der Waals surface area contributed by atoms with Gasteiger partial charge in [0.25, 0.3) is 0 Å². The Morgan fingerprint density at radius 2 is 1.73 bits per heavy atom. The highest BCUT2D eigenvalue weighted by molar-refractivity contribution is 9.10. The molecular weight excluding hydrogens is 420 g/mol. The molecule has 0 saturated carbocycles. The summed E-state index contributed by atoms with van der Waals surface area (Å²) in [5, 5.41) is 9.15. The summed E-state index contributed by atoms with van der Waals surface area (Å²) in [5.74, 6) is -1.28. The van der Waals surface area contributed by atoms with E-state index < -0.39 is 11.9 Å². The molecule has 5 nitrogen and oxygen atoms in total. The standard InChI is InChI=1S/C15H10Br2O5/c1-21-13-4-2-8(6-11(13)17)15(20)22-12-5-3-9(16)7-10(12)14(18)19/h2-7H,1H3,(H,18,19). The number of carboxylic acid groups (broad SMARTS) is 1. The molecule has 0 radical (unpaired) electrons. The van der Waals surface area contributed by atoms with Gasteiger partial charge in [0.2, 0.25) is 0 Å². The molecule has 0 heterocycles. The number of aromatic carboxylic acids is 1. The fourth-order valence-electron chi connectivity index (χ4n) is 1.71. The molecule has 0 bridgehead atoms. The van der Waals surface area contributed by atoms with Crippen LogP contribution in [0.1, 0.15) is 20.7 Å². The SMILES string of the molecule is COc1ccc(C(=O)Oc2ccc(Br)cc2C(=O)O)cc1Br. The Kier molecular flexibility index (Phi) is 5.20. The van der Waals surface area contributed by atoms with Gasteiger partial charge in [-0.3, -0.25) is 0 Å². The third-order valence-electron chi connectivity index (χ3n) is 2.76. The molecule has 0 amide bonds. The lowest BCUT2D eigenvalue weighted by molar-refractivity contribution is 0.0681. The summed E-state index contributed by atoms with van der Waals surface area (Å²) in [7, 11) is 1.51. The summed E-state index contributed by atoms with van der Waals surface area (Å²) in [6.07, 6.45) is 0. The summed E-state index contributed by atoms with van der Waals surface area (Å²) in [6.45, 7) is 0. The lowest BCUT2D eigenvalue weighted by Gasteiger charge is -2.09. The number of ether oxygens (including phenoxy) is 2. The van der Waals surface area contributed by atoms with Gasteiger partial charge in [-0.1, -0.05) is 15.9 Å². The smallest absolute Gasteiger partial charge is 0.343 e. The van der Waals surface area contributed by atoms with Crippen molar-refractivity contribution in [1.82, 2.24) is 0 Å². The van der Waals surface area contributed by atoms with Crippen molar-refractivity contribution in [2.24, 2.45) is 0 Å². The maximum Gasteiger partial charge on any atom is 0.343 e. The summed E-state index contributed by atoms with van der Waals surface area (Å²) >= 11 is 6.45. The molecule has 0 fully saturated rings. The summed E-state index contributed by atoms with van der Waals surface area (Å²) in [5.41, 5.74) is 0.169. The van der Waals surface area contributed by atoms with Gasteiger partial charge in [-0.15, -0.1) is 0 Å². The number of hydrogen-bond acceptors (Lipinski definition) is 4. The Labute approximate surface area is 143 Å². The maximum atomic E-state index is 12.1. The maximum absolute atomic E-state index is 12.1. The van der Waals surface area contributed by atoms with Gasteiger partial charge in [-0.25, -0.2) is 9.59 Å². The van der Waals surface area contributed by atoms with Crippen molar-refractivity contribution >= 4 is 43.8 Å². The van der Waals surface area contributed by atoms with Gasteiger partial charge < -0.3 is 14.6 Å². The second-order valence-electron chi connectivity index (χ2n) is 4.18. The van der Waals surface area contributed by atoms with Gasteiger partial charge in [-0.2, -0.15) is 0 Å². The van der Waals surface area contributed by atoms with Crippen molar-refractivity contribution in [3.05, 3.63) is 56.5 Å². The molecule has 0 spiro atoms. The second kappa shape index (κ2) is 6.93. The first-order valence-corrected chi connectivity index (χ1v) is 7.59. The fourth-order valence-corrected chi connectivity index (χ4v) is 2.61. The van der Waals surface area contributed by atoms with Crippen LogP contribution in [-0.4, -0.2) is 24.2 Å². The van der Waals surface area contributed by atoms with E-state index in [2.05, 4.69) is 31.9 Å². The van der Waals surface area contributed by atoms with Crippen LogP contribution < -0.4 is 9.47 Å². The third-order valence-corrected chi connectivity index (χ3v) is 3.88. The van der Waals surface area contributed by atoms with Crippen LogP contribution in [0.15, 0.2) is 45.3 Å². The molecule has 0 atom stereocenters. The van der Waals surface area contributed by atoms with Crippen molar-refractivity contribution in [2.75, 3.05) is 7.11 Å². The topological polar surface area (TPSA) is 72.8 Å². The first-order chi connectivity index (χ1) is 10.4. The Balaban J connectivity index is 2.29. The van der Waals surface area contributed by atoms with Gasteiger partial charge >= 0.3 is 11.9 Å². The summed E-state index contributed by atoms with van der Waals surface area (Å²) < 4.78 is 11.4. The van der Waals surface area contributed by atoms with Crippen LogP contribution in [0, 0.1) is 0 Å². The van der Waals surface area contributed by atoms with E-state index in [-0.39, 0.29) is 16.9 Å². The van der Waals surface area contributed by atoms with Gasteiger partial charge in [-0.05, 0) is 52.3 Å².